The first kappa shape index (κ1) is 28.6. The number of aromatic nitrogens is 4. The summed E-state index contributed by atoms with van der Waals surface area (Å²) in [5.41, 5.74) is 8.69. The minimum Gasteiger partial charge on any atom is -0.172 e. The Morgan fingerprint density at radius 3 is 1.18 bits per heavy atom. The summed E-state index contributed by atoms with van der Waals surface area (Å²) < 4.78 is 21.6. The Morgan fingerprint density at radius 2 is 0.818 bits per heavy atom. The topological polar surface area (TPSA) is 51.6 Å². The van der Waals surface area contributed by atoms with Crippen molar-refractivity contribution in [2.24, 2.45) is 11.8 Å². The van der Waals surface area contributed by atoms with Crippen molar-refractivity contribution in [2.75, 3.05) is 0 Å². The van der Waals surface area contributed by atoms with Crippen molar-refractivity contribution >= 4 is 100 Å². The van der Waals surface area contributed by atoms with Crippen LogP contribution in [0.2, 0.25) is 0 Å². The molecule has 0 spiro atoms. The normalized spacial score (nSPS) is 12.2. The lowest BCUT2D eigenvalue weighted by Gasteiger charge is -2.04. The molecule has 0 atom stereocenters. The van der Waals surface area contributed by atoms with E-state index in [0.717, 1.165) is 46.0 Å². The number of hydrogen-bond donors (Lipinski definition) is 0. The predicted octanol–water partition coefficient (Wildman–Crippen LogP) is 12.2. The molecule has 8 aromatic rings. The third-order valence-electron chi connectivity index (χ3n) is 7.64. The second kappa shape index (κ2) is 11.5. The third-order valence-corrected chi connectivity index (χ3v) is 13.3. The largest absolute Gasteiger partial charge is 0.172 e. The van der Waals surface area contributed by atoms with E-state index in [2.05, 4.69) is 88.4 Å². The maximum atomic E-state index is 4.76. The van der Waals surface area contributed by atoms with Gasteiger partial charge in [-0.05, 0) is 61.1 Å². The SMILES string of the molecule is CC(C)Cc1ccc(-c2ccc(-c3cc4sc(-c5ccc(-c6ccc(CC(C)C)s6)c6nsnc56)cc4s3)c3nsnc23)s1. The van der Waals surface area contributed by atoms with E-state index >= 15 is 0 Å². The second-order valence-electron chi connectivity index (χ2n) is 11.9. The van der Waals surface area contributed by atoms with Crippen LogP contribution in [0.1, 0.15) is 37.4 Å². The monoisotopic (exact) mass is 684 g/mol. The Balaban J connectivity index is 1.12. The van der Waals surface area contributed by atoms with Gasteiger partial charge in [0.1, 0.15) is 22.1 Å². The smallest absolute Gasteiger partial charge is 0.114 e. The minimum atomic E-state index is 0.649. The van der Waals surface area contributed by atoms with Crippen LogP contribution in [-0.2, 0) is 12.8 Å². The molecule has 0 fully saturated rings. The van der Waals surface area contributed by atoms with Crippen molar-refractivity contribution in [3.63, 3.8) is 0 Å². The van der Waals surface area contributed by atoms with Crippen molar-refractivity contribution in [1.29, 1.82) is 0 Å². The predicted molar refractivity (Wildman–Crippen MR) is 196 cm³/mol. The maximum Gasteiger partial charge on any atom is 0.114 e. The molecule has 0 saturated carbocycles. The van der Waals surface area contributed by atoms with Crippen LogP contribution in [0.3, 0.4) is 0 Å². The summed E-state index contributed by atoms with van der Waals surface area (Å²) in [5.74, 6) is 1.30. The molecule has 0 aliphatic carbocycles. The molecule has 0 N–H and O–H groups in total. The lowest BCUT2D eigenvalue weighted by atomic mass is 10.1. The number of benzene rings is 2. The zero-order chi connectivity index (χ0) is 29.9. The van der Waals surface area contributed by atoms with E-state index in [-0.39, 0.29) is 0 Å². The summed E-state index contributed by atoms with van der Waals surface area (Å²) in [5, 5.41) is 0. The highest BCUT2D eigenvalue weighted by atomic mass is 32.1. The average molecular weight is 685 g/mol. The lowest BCUT2D eigenvalue weighted by Crippen LogP contribution is -1.89. The minimum absolute atomic E-state index is 0.649. The van der Waals surface area contributed by atoms with Gasteiger partial charge in [0.15, 0.2) is 0 Å². The van der Waals surface area contributed by atoms with Crippen molar-refractivity contribution in [2.45, 2.75) is 40.5 Å². The summed E-state index contributed by atoms with van der Waals surface area (Å²) >= 11 is 10.0. The Kier molecular flexibility index (Phi) is 7.47. The standard InChI is InChI=1S/C34H28N4S6/c1-17(2)13-19-5-11-25(39-19)21-7-9-23(33-31(21)35-43-37-33)27-15-29-30(41-27)16-28(42-29)24-10-8-22(32-34(24)38-44-36-32)26-12-6-20(40-26)14-18(3)4/h5-12,15-18H,13-14H2,1-4H3. The van der Waals surface area contributed by atoms with Crippen LogP contribution in [0.25, 0.3) is 73.2 Å². The first-order chi connectivity index (χ1) is 21.4. The van der Waals surface area contributed by atoms with Gasteiger partial charge in [-0.1, -0.05) is 52.0 Å². The average Bonchev–Trinajstić information content (AvgIpc) is 3.82. The molecule has 4 nitrogen and oxygen atoms in total. The van der Waals surface area contributed by atoms with Gasteiger partial charge in [-0.15, -0.1) is 45.3 Å². The van der Waals surface area contributed by atoms with Crippen molar-refractivity contribution < 1.29 is 0 Å². The molecule has 220 valence electrons. The van der Waals surface area contributed by atoms with Gasteiger partial charge >= 0.3 is 0 Å². The van der Waals surface area contributed by atoms with Crippen LogP contribution < -0.4 is 0 Å². The van der Waals surface area contributed by atoms with E-state index < -0.39 is 0 Å². The number of hydrogen-bond acceptors (Lipinski definition) is 10. The van der Waals surface area contributed by atoms with Gasteiger partial charge in [-0.2, -0.15) is 17.5 Å². The van der Waals surface area contributed by atoms with E-state index in [9.17, 15) is 0 Å². The second-order valence-corrected chi connectivity index (χ2v) is 17.5. The van der Waals surface area contributed by atoms with Gasteiger partial charge in [-0.3, -0.25) is 0 Å². The number of rotatable bonds is 8. The van der Waals surface area contributed by atoms with Gasteiger partial charge in [0.2, 0.25) is 0 Å². The number of thiophene rings is 4. The molecule has 0 amide bonds. The molecule has 6 aromatic heterocycles. The molecule has 0 bridgehead atoms. The van der Waals surface area contributed by atoms with Crippen molar-refractivity contribution in [3.05, 3.63) is 70.4 Å². The Bertz CT molecular complexity index is 2080. The first-order valence-corrected chi connectivity index (χ1v) is 19.4. The number of nitrogens with zero attached hydrogens (tertiary/aromatic N) is 4. The van der Waals surface area contributed by atoms with Gasteiger partial charge in [0, 0.05) is 60.9 Å². The Morgan fingerprint density at radius 1 is 0.455 bits per heavy atom. The molecule has 0 radical (unpaired) electrons. The highest BCUT2D eigenvalue weighted by Crippen LogP contribution is 2.46. The van der Waals surface area contributed by atoms with Crippen LogP contribution in [0.5, 0.6) is 0 Å². The fourth-order valence-corrected chi connectivity index (χ4v) is 11.8. The fraction of sp³-hybridized carbons (Fsp3) is 0.235. The highest BCUT2D eigenvalue weighted by molar-refractivity contribution is 7.31. The molecular formula is C34H28N4S6. The van der Waals surface area contributed by atoms with Crippen LogP contribution in [0.4, 0.5) is 0 Å². The highest BCUT2D eigenvalue weighted by Gasteiger charge is 2.20. The van der Waals surface area contributed by atoms with Crippen LogP contribution in [0.15, 0.2) is 60.7 Å². The van der Waals surface area contributed by atoms with E-state index in [0.29, 0.717) is 11.8 Å². The van der Waals surface area contributed by atoms with Gasteiger partial charge in [0.25, 0.3) is 0 Å². The van der Waals surface area contributed by atoms with Gasteiger partial charge < -0.3 is 0 Å². The molecular weight excluding hydrogens is 657 g/mol. The quantitative estimate of drug-likeness (QED) is 0.160. The molecule has 2 aromatic carbocycles. The van der Waals surface area contributed by atoms with E-state index in [1.807, 2.05) is 45.3 Å². The van der Waals surface area contributed by atoms with Gasteiger partial charge in [-0.25, -0.2) is 0 Å². The summed E-state index contributed by atoms with van der Waals surface area (Å²) in [6.45, 7) is 9.08. The van der Waals surface area contributed by atoms with Crippen LogP contribution >= 0.6 is 68.8 Å². The summed E-state index contributed by atoms with van der Waals surface area (Å²) in [4.78, 5) is 7.86. The zero-order valence-corrected chi connectivity index (χ0v) is 29.5. The van der Waals surface area contributed by atoms with Crippen molar-refractivity contribution in [3.8, 4) is 41.8 Å². The summed E-state index contributed by atoms with van der Waals surface area (Å²) in [6, 6.07) is 22.6. The Labute approximate surface area is 280 Å². The van der Waals surface area contributed by atoms with E-state index in [4.69, 9.17) is 17.5 Å². The first-order valence-electron chi connectivity index (χ1n) is 14.6. The molecule has 6 heterocycles. The fourth-order valence-electron chi connectivity index (χ4n) is 5.70. The van der Waals surface area contributed by atoms with Gasteiger partial charge in [0.05, 0.1) is 23.5 Å². The molecule has 0 unspecified atom stereocenters. The van der Waals surface area contributed by atoms with E-state index in [1.54, 1.807) is 0 Å². The summed E-state index contributed by atoms with van der Waals surface area (Å²) in [7, 11) is 0. The van der Waals surface area contributed by atoms with E-state index in [1.165, 1.54) is 73.2 Å². The Hall–Kier alpha value is -2.86. The lowest BCUT2D eigenvalue weighted by molar-refractivity contribution is 0.654. The molecule has 44 heavy (non-hydrogen) atoms. The zero-order valence-electron chi connectivity index (χ0n) is 24.6. The molecule has 0 aliphatic rings. The molecule has 0 saturated heterocycles. The van der Waals surface area contributed by atoms with Crippen molar-refractivity contribution in [1.82, 2.24) is 17.5 Å². The third kappa shape index (κ3) is 5.15. The maximum absolute atomic E-state index is 4.76. The molecule has 8 rings (SSSR count). The van der Waals surface area contributed by atoms with Crippen LogP contribution in [0, 0.1) is 11.8 Å². The molecule has 0 aliphatic heterocycles. The molecule has 10 heteroatoms. The van der Waals surface area contributed by atoms with Crippen LogP contribution in [-0.4, -0.2) is 17.5 Å². The summed E-state index contributed by atoms with van der Waals surface area (Å²) in [6.07, 6.45) is 2.22. The number of fused-ring (bicyclic) bond motifs is 3.